The summed E-state index contributed by atoms with van der Waals surface area (Å²) in [6.45, 7) is 7.69. The molecule has 0 aromatic heterocycles. The van der Waals surface area contributed by atoms with Crippen molar-refractivity contribution in [2.24, 2.45) is 5.92 Å². The number of hydrogen-bond donors (Lipinski definition) is 3. The highest BCUT2D eigenvalue weighted by Crippen LogP contribution is 2.27. The molecule has 0 bridgehead atoms. The van der Waals surface area contributed by atoms with Gasteiger partial charge in [0.25, 0.3) is 5.91 Å². The molecule has 8 heteroatoms. The minimum absolute atomic E-state index is 0.250. The number of nitrogens with one attached hydrogen (secondary N) is 3. The molecule has 0 atom stereocenters. The van der Waals surface area contributed by atoms with Crippen molar-refractivity contribution in [1.82, 2.24) is 20.9 Å². The van der Waals surface area contributed by atoms with E-state index in [-0.39, 0.29) is 5.92 Å². The molecule has 6 amide bonds. The summed E-state index contributed by atoms with van der Waals surface area (Å²) in [4.78, 5) is 49.1. The van der Waals surface area contributed by atoms with E-state index in [0.717, 1.165) is 17.7 Å². The van der Waals surface area contributed by atoms with Crippen molar-refractivity contribution in [3.05, 3.63) is 0 Å². The summed E-state index contributed by atoms with van der Waals surface area (Å²) in [7, 11) is 0. The van der Waals surface area contributed by atoms with Crippen LogP contribution in [0.5, 0.6) is 0 Å². The quantitative estimate of drug-likeness (QED) is 0.580. The van der Waals surface area contributed by atoms with E-state index in [4.69, 9.17) is 0 Å². The Kier molecular flexibility index (Phi) is 7.18. The first-order valence-corrected chi connectivity index (χ1v) is 8.47. The number of nitrogens with zero attached hydrogens (tertiary/aromatic N) is 1. The molecule has 0 aromatic carbocycles. The van der Waals surface area contributed by atoms with E-state index in [0.29, 0.717) is 19.4 Å². The molecular formula is C16H28N4O4. The molecule has 0 spiro atoms. The lowest BCUT2D eigenvalue weighted by atomic mass is 9.88. The Bertz CT molecular complexity index is 498. The van der Waals surface area contributed by atoms with Crippen LogP contribution >= 0.6 is 0 Å². The number of urea groups is 2. The second kappa shape index (κ2) is 8.65. The van der Waals surface area contributed by atoms with Gasteiger partial charge in [-0.2, -0.15) is 0 Å². The Morgan fingerprint density at radius 3 is 2.25 bits per heavy atom. The standard InChI is InChI=1S/C16H28N4O4/c1-5-7-16(8-6-2)13(22)20(15(24)19-16)10-12(21)18-14(23)17-9-11(3)4/h11H,5-10H2,1-4H3,(H,19,24)(H2,17,18,21,23). The number of hydrogen-bond acceptors (Lipinski definition) is 4. The van der Waals surface area contributed by atoms with Crippen LogP contribution in [-0.4, -0.2) is 47.4 Å². The molecule has 8 nitrogen and oxygen atoms in total. The number of carbonyl (C=O) groups is 4. The molecule has 1 fully saturated rings. The second-order valence-corrected chi connectivity index (χ2v) is 6.56. The topological polar surface area (TPSA) is 108 Å². The summed E-state index contributed by atoms with van der Waals surface area (Å²) in [6, 6.07) is -1.21. The van der Waals surface area contributed by atoms with E-state index < -0.39 is 36.0 Å². The van der Waals surface area contributed by atoms with Crippen LogP contribution in [0.15, 0.2) is 0 Å². The third-order valence-electron chi connectivity index (χ3n) is 3.82. The minimum atomic E-state index is -0.930. The van der Waals surface area contributed by atoms with Crippen LogP contribution in [-0.2, 0) is 9.59 Å². The Hall–Kier alpha value is -2.12. The maximum absolute atomic E-state index is 12.6. The van der Waals surface area contributed by atoms with Gasteiger partial charge >= 0.3 is 12.1 Å². The molecule has 0 aliphatic carbocycles. The van der Waals surface area contributed by atoms with Gasteiger partial charge in [0.05, 0.1) is 0 Å². The van der Waals surface area contributed by atoms with E-state index >= 15 is 0 Å². The Morgan fingerprint density at radius 1 is 1.17 bits per heavy atom. The summed E-state index contributed by atoms with van der Waals surface area (Å²) in [5.41, 5.74) is -0.930. The van der Waals surface area contributed by atoms with Crippen molar-refractivity contribution in [2.45, 2.75) is 58.9 Å². The minimum Gasteiger partial charge on any atom is -0.338 e. The van der Waals surface area contributed by atoms with Crippen molar-refractivity contribution in [2.75, 3.05) is 13.1 Å². The molecule has 0 aromatic rings. The Balaban J connectivity index is 2.67. The van der Waals surface area contributed by atoms with E-state index in [9.17, 15) is 19.2 Å². The van der Waals surface area contributed by atoms with Gasteiger partial charge in [-0.1, -0.05) is 40.5 Å². The molecule has 1 heterocycles. The maximum Gasteiger partial charge on any atom is 0.325 e. The van der Waals surface area contributed by atoms with Gasteiger partial charge in [-0.15, -0.1) is 0 Å². The van der Waals surface area contributed by atoms with Crippen molar-refractivity contribution in [3.8, 4) is 0 Å². The fraction of sp³-hybridized carbons (Fsp3) is 0.750. The predicted molar refractivity (Wildman–Crippen MR) is 89.2 cm³/mol. The summed E-state index contributed by atoms with van der Waals surface area (Å²) >= 11 is 0. The van der Waals surface area contributed by atoms with Gasteiger partial charge in [0.1, 0.15) is 12.1 Å². The summed E-state index contributed by atoms with van der Waals surface area (Å²) in [5.74, 6) is -0.835. The van der Waals surface area contributed by atoms with E-state index in [1.54, 1.807) is 0 Å². The number of imide groups is 2. The molecule has 0 unspecified atom stereocenters. The predicted octanol–water partition coefficient (Wildman–Crippen LogP) is 1.36. The van der Waals surface area contributed by atoms with Crippen LogP contribution in [0.3, 0.4) is 0 Å². The Labute approximate surface area is 142 Å². The fourth-order valence-electron chi connectivity index (χ4n) is 2.79. The highest BCUT2D eigenvalue weighted by Gasteiger charge is 2.50. The van der Waals surface area contributed by atoms with Crippen LogP contribution in [0, 0.1) is 5.92 Å². The third-order valence-corrected chi connectivity index (χ3v) is 3.82. The van der Waals surface area contributed by atoms with Gasteiger partial charge in [0, 0.05) is 6.54 Å². The molecular weight excluding hydrogens is 312 g/mol. The first kappa shape index (κ1) is 19.9. The third kappa shape index (κ3) is 4.94. The normalized spacial score (nSPS) is 16.3. The van der Waals surface area contributed by atoms with Crippen molar-refractivity contribution in [3.63, 3.8) is 0 Å². The van der Waals surface area contributed by atoms with Gasteiger partial charge in [0.2, 0.25) is 5.91 Å². The van der Waals surface area contributed by atoms with Gasteiger partial charge in [-0.05, 0) is 18.8 Å². The largest absolute Gasteiger partial charge is 0.338 e. The summed E-state index contributed by atoms with van der Waals surface area (Å²) in [6.07, 6.45) is 2.53. The van der Waals surface area contributed by atoms with Crippen LogP contribution in [0.2, 0.25) is 0 Å². The van der Waals surface area contributed by atoms with Gasteiger partial charge < -0.3 is 10.6 Å². The van der Waals surface area contributed by atoms with Gasteiger partial charge in [-0.25, -0.2) is 9.59 Å². The first-order valence-electron chi connectivity index (χ1n) is 8.47. The number of amides is 6. The van der Waals surface area contributed by atoms with Crippen molar-refractivity contribution >= 4 is 23.9 Å². The molecule has 0 saturated carbocycles. The number of carbonyl (C=O) groups excluding carboxylic acids is 4. The zero-order chi connectivity index (χ0) is 18.3. The zero-order valence-electron chi connectivity index (χ0n) is 14.9. The fourth-order valence-corrected chi connectivity index (χ4v) is 2.79. The van der Waals surface area contributed by atoms with Crippen LogP contribution in [0.4, 0.5) is 9.59 Å². The molecule has 136 valence electrons. The van der Waals surface area contributed by atoms with Crippen molar-refractivity contribution in [1.29, 1.82) is 0 Å². The highest BCUT2D eigenvalue weighted by molar-refractivity contribution is 6.09. The Morgan fingerprint density at radius 2 is 1.75 bits per heavy atom. The molecule has 1 rings (SSSR count). The van der Waals surface area contributed by atoms with Gasteiger partial charge in [-0.3, -0.25) is 19.8 Å². The van der Waals surface area contributed by atoms with E-state index in [1.807, 2.05) is 27.7 Å². The SMILES string of the molecule is CCCC1(CCC)NC(=O)N(CC(=O)NC(=O)NCC(C)C)C1=O. The molecule has 24 heavy (non-hydrogen) atoms. The maximum atomic E-state index is 12.6. The second-order valence-electron chi connectivity index (χ2n) is 6.56. The lowest BCUT2D eigenvalue weighted by Crippen LogP contribution is -2.49. The highest BCUT2D eigenvalue weighted by atomic mass is 16.2. The molecule has 1 saturated heterocycles. The van der Waals surface area contributed by atoms with Crippen molar-refractivity contribution < 1.29 is 19.2 Å². The van der Waals surface area contributed by atoms with Crippen LogP contribution in [0.1, 0.15) is 53.4 Å². The number of rotatable bonds is 8. The smallest absolute Gasteiger partial charge is 0.325 e. The molecule has 0 radical (unpaired) electrons. The van der Waals surface area contributed by atoms with E-state index in [2.05, 4.69) is 16.0 Å². The van der Waals surface area contributed by atoms with Gasteiger partial charge in [0.15, 0.2) is 0 Å². The summed E-state index contributed by atoms with van der Waals surface area (Å²) < 4.78 is 0. The van der Waals surface area contributed by atoms with Crippen LogP contribution in [0.25, 0.3) is 0 Å². The zero-order valence-corrected chi connectivity index (χ0v) is 14.9. The summed E-state index contributed by atoms with van der Waals surface area (Å²) in [5, 5.41) is 7.40. The van der Waals surface area contributed by atoms with E-state index in [1.165, 1.54) is 0 Å². The molecule has 3 N–H and O–H groups in total. The first-order chi connectivity index (χ1) is 11.3. The lowest BCUT2D eigenvalue weighted by Gasteiger charge is -2.25. The van der Waals surface area contributed by atoms with Crippen LogP contribution < -0.4 is 16.0 Å². The average molecular weight is 340 g/mol. The monoisotopic (exact) mass is 340 g/mol. The molecule has 1 aliphatic heterocycles. The lowest BCUT2D eigenvalue weighted by molar-refractivity contribution is -0.135. The molecule has 1 aliphatic rings. The average Bonchev–Trinajstić information content (AvgIpc) is 2.70.